The molecule has 2 unspecified atom stereocenters. The minimum atomic E-state index is -0.996. The first-order valence-corrected chi connectivity index (χ1v) is 8.40. The monoisotopic (exact) mass is 305 g/mol. The maximum atomic E-state index is 11.0. The molecule has 0 radical (unpaired) electrons. The summed E-state index contributed by atoms with van der Waals surface area (Å²) >= 11 is 3.12. The average molecular weight is 305 g/mol. The summed E-state index contributed by atoms with van der Waals surface area (Å²) in [6, 6.07) is 11.7. The van der Waals surface area contributed by atoms with Crippen molar-refractivity contribution in [1.82, 2.24) is 15.0 Å². The van der Waals surface area contributed by atoms with E-state index in [1.54, 1.807) is 27.8 Å². The highest BCUT2D eigenvalue weighted by Crippen LogP contribution is 2.42. The van der Waals surface area contributed by atoms with E-state index in [0.717, 1.165) is 15.9 Å². The van der Waals surface area contributed by atoms with Gasteiger partial charge in [-0.15, -0.1) is 28.2 Å². The fourth-order valence-corrected chi connectivity index (χ4v) is 4.14. The molecule has 0 saturated heterocycles. The van der Waals surface area contributed by atoms with Crippen LogP contribution in [0.5, 0.6) is 0 Å². The number of fused-ring (bicyclic) bond motifs is 1. The number of thiophene rings is 1. The van der Waals surface area contributed by atoms with Gasteiger partial charge in [0.1, 0.15) is 16.5 Å². The quantitative estimate of drug-likeness (QED) is 0.804. The van der Waals surface area contributed by atoms with Gasteiger partial charge in [-0.3, -0.25) is 0 Å². The lowest BCUT2D eigenvalue weighted by Gasteiger charge is -2.31. The number of aromatic nitrogens is 3. The molecular formula is C14H15N3OS2. The fraction of sp³-hybridized carbons (Fsp3) is 0.286. The van der Waals surface area contributed by atoms with Crippen LogP contribution in [0, 0.1) is 0 Å². The molecule has 2 aromatic heterocycles. The Morgan fingerprint density at radius 2 is 2.10 bits per heavy atom. The van der Waals surface area contributed by atoms with Crippen molar-refractivity contribution in [3.63, 3.8) is 0 Å². The molecule has 3 aromatic rings. The van der Waals surface area contributed by atoms with Gasteiger partial charge in [-0.05, 0) is 36.8 Å². The third-order valence-corrected chi connectivity index (χ3v) is 5.53. The van der Waals surface area contributed by atoms with Gasteiger partial charge in [0.15, 0.2) is 0 Å². The zero-order valence-corrected chi connectivity index (χ0v) is 12.9. The Kier molecular flexibility index (Phi) is 3.54. The predicted molar refractivity (Wildman–Crippen MR) is 84.0 cm³/mol. The van der Waals surface area contributed by atoms with Crippen LogP contribution in [-0.2, 0) is 5.60 Å². The maximum Gasteiger partial charge on any atom is 0.133 e. The Morgan fingerprint density at radius 1 is 1.30 bits per heavy atom. The van der Waals surface area contributed by atoms with E-state index in [2.05, 4.69) is 10.3 Å². The number of hydrogen-bond acceptors (Lipinski definition) is 5. The molecule has 3 rings (SSSR count). The zero-order chi connectivity index (χ0) is 14.2. The molecule has 104 valence electrons. The number of hydrogen-bond donors (Lipinski definition) is 1. The molecule has 1 aromatic carbocycles. The largest absolute Gasteiger partial charge is 0.381 e. The Morgan fingerprint density at radius 3 is 2.80 bits per heavy atom. The van der Waals surface area contributed by atoms with Gasteiger partial charge >= 0.3 is 0 Å². The van der Waals surface area contributed by atoms with Crippen molar-refractivity contribution in [3.05, 3.63) is 46.7 Å². The summed E-state index contributed by atoms with van der Waals surface area (Å²) in [6.07, 6.45) is 1.98. The van der Waals surface area contributed by atoms with Crippen molar-refractivity contribution in [2.75, 3.05) is 6.26 Å². The van der Waals surface area contributed by atoms with E-state index in [-0.39, 0.29) is 5.37 Å². The van der Waals surface area contributed by atoms with Crippen molar-refractivity contribution >= 4 is 34.1 Å². The lowest BCUT2D eigenvalue weighted by atomic mass is 10.0. The number of thioether (sulfide) groups is 1. The van der Waals surface area contributed by atoms with Crippen LogP contribution in [0.3, 0.4) is 0 Å². The van der Waals surface area contributed by atoms with Crippen LogP contribution in [0.1, 0.15) is 17.2 Å². The highest BCUT2D eigenvalue weighted by molar-refractivity contribution is 7.98. The molecule has 2 atom stereocenters. The van der Waals surface area contributed by atoms with Crippen molar-refractivity contribution in [2.45, 2.75) is 17.9 Å². The van der Waals surface area contributed by atoms with Crippen LogP contribution in [0.2, 0.25) is 0 Å². The second-order valence-corrected chi connectivity index (χ2v) is 6.60. The first-order valence-electron chi connectivity index (χ1n) is 6.23. The summed E-state index contributed by atoms with van der Waals surface area (Å²) in [4.78, 5) is 0.927. The smallest absolute Gasteiger partial charge is 0.133 e. The van der Waals surface area contributed by atoms with Gasteiger partial charge in [0.25, 0.3) is 0 Å². The van der Waals surface area contributed by atoms with Gasteiger partial charge in [-0.25, -0.2) is 4.68 Å². The molecule has 0 aliphatic rings. The topological polar surface area (TPSA) is 50.9 Å². The van der Waals surface area contributed by atoms with Gasteiger partial charge < -0.3 is 5.11 Å². The highest BCUT2D eigenvalue weighted by atomic mass is 32.2. The predicted octanol–water partition coefficient (Wildman–Crippen LogP) is 3.26. The maximum absolute atomic E-state index is 11.0. The number of aliphatic hydroxyl groups is 1. The molecule has 0 fully saturated rings. The van der Waals surface area contributed by atoms with Crippen LogP contribution in [0.25, 0.3) is 11.0 Å². The second-order valence-electron chi connectivity index (χ2n) is 4.74. The second kappa shape index (κ2) is 5.20. The van der Waals surface area contributed by atoms with Crippen LogP contribution < -0.4 is 0 Å². The van der Waals surface area contributed by atoms with Crippen LogP contribution in [0.4, 0.5) is 0 Å². The lowest BCUT2D eigenvalue weighted by Crippen LogP contribution is -2.31. The van der Waals surface area contributed by atoms with Gasteiger partial charge in [0.05, 0.1) is 5.52 Å². The molecule has 6 heteroatoms. The Labute approximate surface area is 125 Å². The van der Waals surface area contributed by atoms with E-state index < -0.39 is 5.60 Å². The van der Waals surface area contributed by atoms with Gasteiger partial charge in [0, 0.05) is 4.88 Å². The number of benzene rings is 1. The number of nitrogens with zero attached hydrogens (tertiary/aromatic N) is 3. The molecule has 2 heterocycles. The summed E-state index contributed by atoms with van der Waals surface area (Å²) in [5.41, 5.74) is 0.779. The minimum absolute atomic E-state index is 0.228. The van der Waals surface area contributed by atoms with E-state index >= 15 is 0 Å². The standard InChI is InChI=1S/C14H15N3OS2/c1-14(18,12-8-5-9-20-12)13(19-2)17-11-7-4-3-6-10(11)15-16-17/h3-9,13,18H,1-2H3. The van der Waals surface area contributed by atoms with Crippen LogP contribution in [0.15, 0.2) is 41.8 Å². The van der Waals surface area contributed by atoms with E-state index in [0.29, 0.717) is 0 Å². The van der Waals surface area contributed by atoms with E-state index in [4.69, 9.17) is 0 Å². The van der Waals surface area contributed by atoms with Gasteiger partial charge in [0.2, 0.25) is 0 Å². The Bertz CT molecular complexity index is 706. The van der Waals surface area contributed by atoms with Crippen molar-refractivity contribution in [3.8, 4) is 0 Å². The van der Waals surface area contributed by atoms with E-state index in [1.165, 1.54) is 0 Å². The first-order chi connectivity index (χ1) is 9.64. The lowest BCUT2D eigenvalue weighted by molar-refractivity contribution is 0.0350. The van der Waals surface area contributed by atoms with Crippen LogP contribution in [-0.4, -0.2) is 26.4 Å². The molecule has 20 heavy (non-hydrogen) atoms. The summed E-state index contributed by atoms with van der Waals surface area (Å²) < 4.78 is 1.81. The minimum Gasteiger partial charge on any atom is -0.381 e. The Balaban J connectivity index is 2.10. The van der Waals surface area contributed by atoms with Crippen molar-refractivity contribution in [1.29, 1.82) is 0 Å². The van der Waals surface area contributed by atoms with Gasteiger partial charge in [-0.1, -0.05) is 23.4 Å². The normalized spacial score (nSPS) is 16.1. The highest BCUT2D eigenvalue weighted by Gasteiger charge is 2.37. The number of rotatable bonds is 4. The molecule has 0 saturated carbocycles. The number of para-hydroxylation sites is 1. The van der Waals surface area contributed by atoms with Gasteiger partial charge in [-0.2, -0.15) is 0 Å². The molecule has 0 aliphatic carbocycles. The first kappa shape index (κ1) is 13.6. The molecule has 0 aliphatic heterocycles. The summed E-state index contributed by atoms with van der Waals surface area (Å²) in [5.74, 6) is 0. The van der Waals surface area contributed by atoms with Crippen molar-refractivity contribution < 1.29 is 5.11 Å². The van der Waals surface area contributed by atoms with Crippen molar-refractivity contribution in [2.24, 2.45) is 0 Å². The fourth-order valence-electron chi connectivity index (χ4n) is 2.32. The molecule has 4 nitrogen and oxygen atoms in total. The Hall–Kier alpha value is -1.37. The SMILES string of the molecule is CSC(n1nnc2ccccc21)C(C)(O)c1cccs1. The van der Waals surface area contributed by atoms with E-state index in [9.17, 15) is 5.11 Å². The molecule has 0 bridgehead atoms. The van der Waals surface area contributed by atoms with E-state index in [1.807, 2.05) is 55.0 Å². The average Bonchev–Trinajstić information content (AvgIpc) is 3.09. The molecule has 1 N–H and O–H groups in total. The molecule has 0 amide bonds. The summed E-state index contributed by atoms with van der Waals surface area (Å²) in [6.45, 7) is 1.83. The molecular weight excluding hydrogens is 290 g/mol. The third kappa shape index (κ3) is 2.13. The summed E-state index contributed by atoms with van der Waals surface area (Å²) in [5, 5.41) is 21.1. The third-order valence-electron chi connectivity index (χ3n) is 3.32. The van der Waals surface area contributed by atoms with Crippen LogP contribution >= 0.6 is 23.1 Å². The zero-order valence-electron chi connectivity index (χ0n) is 11.2. The molecule has 0 spiro atoms. The summed E-state index contributed by atoms with van der Waals surface area (Å²) in [7, 11) is 0.